The molecular weight excluding hydrogens is 1340 g/mol. The zero-order valence-electron chi connectivity index (χ0n) is 58.5. The lowest BCUT2D eigenvalue weighted by atomic mass is 9.82. The molecule has 8 heterocycles. The first kappa shape index (κ1) is 72.8. The zero-order chi connectivity index (χ0) is 71.0. The van der Waals surface area contributed by atoms with E-state index in [1.807, 2.05) is 50.2 Å². The molecule has 7 aliphatic rings. The van der Waals surface area contributed by atoms with E-state index < -0.39 is 35.3 Å². The number of ether oxygens (including phenoxy) is 3. The number of urea groups is 1. The number of carbonyl (C=O) groups excluding carboxylic acids is 5. The molecule has 23 nitrogen and oxygen atoms in total. The predicted molar refractivity (Wildman–Crippen MR) is 385 cm³/mol. The Bertz CT molecular complexity index is 3770. The van der Waals surface area contributed by atoms with Gasteiger partial charge in [-0.3, -0.25) is 34.0 Å². The second kappa shape index (κ2) is 32.6. The number of rotatable bonds is 26. The highest BCUT2D eigenvalue weighted by molar-refractivity contribution is 6.30. The van der Waals surface area contributed by atoms with Gasteiger partial charge < -0.3 is 64.9 Å². The van der Waals surface area contributed by atoms with Gasteiger partial charge in [-0.1, -0.05) is 61.3 Å². The highest BCUT2D eigenvalue weighted by Gasteiger charge is 2.47. The average molecular weight is 1430 g/mol. The summed E-state index contributed by atoms with van der Waals surface area (Å²) in [7, 11) is 1.57. The number of hydrogen-bond donors (Lipinski definition) is 4. The fraction of sp³-hybridized carbons (Fsp3) is 0.541. The summed E-state index contributed by atoms with van der Waals surface area (Å²) in [4.78, 5) is 98.0. The summed E-state index contributed by atoms with van der Waals surface area (Å²) in [6, 6.07) is 22.9. The number of nitrogens with zero attached hydrogens (tertiary/aromatic N) is 11. The van der Waals surface area contributed by atoms with Crippen molar-refractivity contribution < 1.29 is 47.0 Å². The largest absolute Gasteiger partial charge is 0.497 e. The number of fused-ring (bicyclic) bond motifs is 1. The number of methoxy groups -OCH3 is 1. The number of anilines is 3. The molecule has 0 saturated carbocycles. The minimum Gasteiger partial charge on any atom is -0.497 e. The Labute approximate surface area is 600 Å². The predicted octanol–water partition coefficient (Wildman–Crippen LogP) is 8.27. The normalized spacial score (nSPS) is 21.6. The van der Waals surface area contributed by atoms with Crippen LogP contribution in [0.2, 0.25) is 10.0 Å². The highest BCUT2D eigenvalue weighted by atomic mass is 35.5. The van der Waals surface area contributed by atoms with Crippen molar-refractivity contribution in [3.8, 4) is 11.5 Å². The van der Waals surface area contributed by atoms with E-state index >= 15 is 13.6 Å². The van der Waals surface area contributed by atoms with Crippen LogP contribution in [0.25, 0.3) is 0 Å². The minimum atomic E-state index is -0.655. The number of piperazine rings is 2. The first-order chi connectivity index (χ1) is 48.6. The molecule has 0 unspecified atom stereocenters. The van der Waals surface area contributed by atoms with Crippen molar-refractivity contribution >= 4 is 76.0 Å². The number of hydrogen-bond acceptors (Lipinski definition) is 17. The zero-order valence-corrected chi connectivity index (χ0v) is 60.1. The van der Waals surface area contributed by atoms with Gasteiger partial charge in [-0.2, -0.15) is 0 Å². The molecule has 5 aromatic rings. The lowest BCUT2D eigenvalue weighted by Crippen LogP contribution is -2.66. The maximum atomic E-state index is 15.8. The van der Waals surface area contributed by atoms with E-state index in [0.29, 0.717) is 141 Å². The summed E-state index contributed by atoms with van der Waals surface area (Å²) in [5, 5.41) is 13.6. The van der Waals surface area contributed by atoms with Crippen LogP contribution in [0.15, 0.2) is 96.2 Å². The molecular formula is C74H95Cl2F2N15O8. The molecule has 0 radical (unpaired) electrons. The van der Waals surface area contributed by atoms with Gasteiger partial charge in [-0.05, 0) is 130 Å². The number of piperidine rings is 2. The summed E-state index contributed by atoms with van der Waals surface area (Å²) < 4.78 is 49.2. The molecule has 7 aliphatic heterocycles. The number of likely N-dealkylation sites (tertiary alicyclic amines) is 3. The fourth-order valence-corrected chi connectivity index (χ4v) is 15.4. The van der Waals surface area contributed by atoms with Crippen LogP contribution in [-0.2, 0) is 30.5 Å². The number of carbonyl (C=O) groups is 5. The van der Waals surface area contributed by atoms with Crippen LogP contribution in [0.1, 0.15) is 101 Å². The van der Waals surface area contributed by atoms with Crippen molar-refractivity contribution in [1.82, 2.24) is 55.3 Å². The molecule has 6 fully saturated rings. The first-order valence-electron chi connectivity index (χ1n) is 35.6. The smallest absolute Gasteiger partial charge is 0.326 e. The first-order valence-corrected chi connectivity index (χ1v) is 36.3. The van der Waals surface area contributed by atoms with Gasteiger partial charge in [0.2, 0.25) is 23.6 Å². The molecule has 4 atom stereocenters. The molecule has 1 aromatic heterocycles. The monoisotopic (exact) mass is 1430 g/mol. The molecule has 27 heteroatoms. The molecule has 101 heavy (non-hydrogen) atoms. The van der Waals surface area contributed by atoms with Gasteiger partial charge in [-0.15, -0.1) is 0 Å². The van der Waals surface area contributed by atoms with E-state index in [1.165, 1.54) is 28.3 Å². The summed E-state index contributed by atoms with van der Waals surface area (Å²) in [5.74, 6) is 2.08. The van der Waals surface area contributed by atoms with Crippen molar-refractivity contribution in [2.45, 2.75) is 96.5 Å². The maximum Gasteiger partial charge on any atom is 0.326 e. The van der Waals surface area contributed by atoms with Gasteiger partial charge in [0.1, 0.15) is 59.5 Å². The third-order valence-corrected chi connectivity index (χ3v) is 21.3. The summed E-state index contributed by atoms with van der Waals surface area (Å²) in [5.41, 5.74) is 2.29. The standard InChI is InChI=1S/C74H95Cl2F2N15O8/c1-49(2)101-62-36-57(99-5)15-16-58(62)71-84-69(50-7-11-55(75)12-8-50)70(51-9-13-56(76)14-10-51)93(71)72(98)91-31-30-90(68(97)46-91)44-66(95)81-24-33-100-34-32-88-42-53-40-87(41-54(53)43-88)25-17-65(94)80-23-6-22-79-63-38-64(83-48-82-63)89-28-20-74(21-29-89)47-92(45-67(96)85-74)61-37-59(77)52(35-60(61)78)39-86-26-18-73(3,4)19-27-86/h7-16,35-38,48-49,53-54,69-70H,6,17-34,39-47H2,1-5H3,(H,80,94)(H,81,95)(H,85,96)(H,79,82,83)/t53-,54+,69-,70+/m0/s1. The van der Waals surface area contributed by atoms with Crippen LogP contribution in [-0.4, -0.2) is 231 Å². The molecule has 6 amide bonds. The highest BCUT2D eigenvalue weighted by Crippen LogP contribution is 2.46. The van der Waals surface area contributed by atoms with Crippen LogP contribution in [0.5, 0.6) is 11.5 Å². The number of nitrogens with one attached hydrogen (secondary N) is 4. The van der Waals surface area contributed by atoms with Gasteiger partial charge in [0, 0.05) is 138 Å². The van der Waals surface area contributed by atoms with E-state index in [4.69, 9.17) is 42.4 Å². The Morgan fingerprint density at radius 1 is 0.723 bits per heavy atom. The number of amides is 6. The lowest BCUT2D eigenvalue weighted by Gasteiger charge is -2.48. The Morgan fingerprint density at radius 2 is 1.42 bits per heavy atom. The molecule has 1 spiro atoms. The SMILES string of the molecule is COc1ccc(C2=N[C@@H](c3ccc(Cl)cc3)[C@@H](c3ccc(Cl)cc3)N2C(=O)N2CCN(CC(=O)NCCOCCN3C[C@@H]4CN(CCC(=O)NCCCNc5cc(N6CCC7(CC6)CN(c6cc(F)c(CN8CCC(C)(C)CC8)cc6F)CC(=O)N7)ncn5)C[C@@H]4C3)C(=O)C2)c(OC(C)C)c1. The topological polar surface area (TPSA) is 225 Å². The summed E-state index contributed by atoms with van der Waals surface area (Å²) in [6.07, 6.45) is 5.69. The third-order valence-electron chi connectivity index (χ3n) is 20.8. The van der Waals surface area contributed by atoms with Crippen LogP contribution in [0.3, 0.4) is 0 Å². The van der Waals surface area contributed by atoms with Crippen molar-refractivity contribution in [3.05, 3.63) is 135 Å². The number of benzene rings is 4. The number of aliphatic imine (C=N–C) groups is 1. The Kier molecular flexibility index (Phi) is 23.5. The van der Waals surface area contributed by atoms with E-state index in [9.17, 15) is 19.2 Å². The summed E-state index contributed by atoms with van der Waals surface area (Å²) >= 11 is 12.8. The second-order valence-electron chi connectivity index (χ2n) is 29.0. The van der Waals surface area contributed by atoms with Crippen molar-refractivity contribution in [1.29, 1.82) is 0 Å². The van der Waals surface area contributed by atoms with Gasteiger partial charge in [0.25, 0.3) is 0 Å². The Morgan fingerprint density at radius 3 is 2.11 bits per heavy atom. The van der Waals surface area contributed by atoms with Gasteiger partial charge in [-0.25, -0.2) is 23.5 Å². The van der Waals surface area contributed by atoms with E-state index in [1.54, 1.807) is 53.3 Å². The Balaban J connectivity index is 0.515. The van der Waals surface area contributed by atoms with Crippen LogP contribution < -0.4 is 40.5 Å². The van der Waals surface area contributed by atoms with Crippen LogP contribution in [0, 0.1) is 28.9 Å². The van der Waals surface area contributed by atoms with Crippen molar-refractivity contribution in [2.75, 3.05) is 160 Å². The Hall–Kier alpha value is -7.94. The third kappa shape index (κ3) is 18.3. The minimum absolute atomic E-state index is 0.0281. The van der Waals surface area contributed by atoms with Crippen LogP contribution >= 0.6 is 23.2 Å². The molecule has 4 aromatic carbocycles. The van der Waals surface area contributed by atoms with Crippen LogP contribution in [0.4, 0.5) is 30.9 Å². The van der Waals surface area contributed by atoms with Gasteiger partial charge in [0.05, 0.1) is 62.3 Å². The van der Waals surface area contributed by atoms with Crippen molar-refractivity contribution in [2.24, 2.45) is 22.2 Å². The summed E-state index contributed by atoms with van der Waals surface area (Å²) in [6.45, 7) is 19.4. The second-order valence-corrected chi connectivity index (χ2v) is 29.9. The molecule has 542 valence electrons. The average Bonchev–Trinajstić information content (AvgIpc) is 1.63. The molecule has 6 saturated heterocycles. The molecule has 0 bridgehead atoms. The maximum absolute atomic E-state index is 15.8. The van der Waals surface area contributed by atoms with Gasteiger partial charge >= 0.3 is 6.03 Å². The molecule has 0 aliphatic carbocycles. The quantitative estimate of drug-likeness (QED) is 0.0382. The number of aromatic nitrogens is 2. The van der Waals surface area contributed by atoms with Gasteiger partial charge in [0.15, 0.2) is 0 Å². The lowest BCUT2D eigenvalue weighted by molar-refractivity contribution is -0.139. The molecule has 12 rings (SSSR count). The molecule has 4 N–H and O–H groups in total. The van der Waals surface area contributed by atoms with Crippen molar-refractivity contribution in [3.63, 3.8) is 0 Å². The number of amidine groups is 1. The fourth-order valence-electron chi connectivity index (χ4n) is 15.1. The van der Waals surface area contributed by atoms with E-state index in [2.05, 4.69) is 64.7 Å². The van der Waals surface area contributed by atoms with E-state index in [0.717, 1.165) is 75.6 Å². The van der Waals surface area contributed by atoms with E-state index in [-0.39, 0.29) is 80.1 Å². The number of halogens is 4.